The van der Waals surface area contributed by atoms with E-state index in [0.717, 1.165) is 0 Å². The van der Waals surface area contributed by atoms with Crippen LogP contribution in [-0.2, 0) is 19.1 Å². The molecule has 0 saturated heterocycles. The first-order valence-corrected chi connectivity index (χ1v) is 8.20. The molecule has 0 saturated carbocycles. The first-order chi connectivity index (χ1) is 12.2. The highest BCUT2D eigenvalue weighted by Crippen LogP contribution is 2.08. The second-order valence-electron chi connectivity index (χ2n) is 6.20. The number of carbonyl (C=O) groups excluding carboxylic acids is 3. The van der Waals surface area contributed by atoms with Crippen molar-refractivity contribution in [3.63, 3.8) is 0 Å². The number of esters is 1. The summed E-state index contributed by atoms with van der Waals surface area (Å²) in [5.74, 6) is -3.12. The quantitative estimate of drug-likeness (QED) is 0.561. The van der Waals surface area contributed by atoms with Gasteiger partial charge in [0, 0.05) is 5.56 Å². The molecule has 0 bridgehead atoms. The molecule has 26 heavy (non-hydrogen) atoms. The van der Waals surface area contributed by atoms with Crippen LogP contribution in [0.2, 0.25) is 0 Å². The molecule has 3 N–H and O–H groups in total. The van der Waals surface area contributed by atoms with Gasteiger partial charge >= 0.3 is 11.9 Å². The third-order valence-corrected chi connectivity index (χ3v) is 3.55. The number of ether oxygens (including phenoxy) is 1. The van der Waals surface area contributed by atoms with E-state index in [-0.39, 0.29) is 5.92 Å². The van der Waals surface area contributed by atoms with Crippen molar-refractivity contribution >= 4 is 23.8 Å². The Kier molecular flexibility index (Phi) is 8.27. The summed E-state index contributed by atoms with van der Waals surface area (Å²) in [6.45, 7) is 3.74. The Hall–Kier alpha value is -2.90. The molecule has 1 aromatic carbocycles. The number of benzene rings is 1. The fraction of sp³-hybridized carbons (Fsp3) is 0.444. The fourth-order valence-electron chi connectivity index (χ4n) is 2.32. The summed E-state index contributed by atoms with van der Waals surface area (Å²) in [6.07, 6.45) is -0.287. The highest BCUT2D eigenvalue weighted by molar-refractivity contribution is 5.99. The number of hydrogen-bond acceptors (Lipinski definition) is 5. The molecule has 0 fully saturated rings. The highest BCUT2D eigenvalue weighted by Gasteiger charge is 2.29. The smallest absolute Gasteiger partial charge is 0.328 e. The Morgan fingerprint density at radius 3 is 2.15 bits per heavy atom. The lowest BCUT2D eigenvalue weighted by Crippen LogP contribution is -2.52. The third-order valence-electron chi connectivity index (χ3n) is 3.55. The maximum atomic E-state index is 12.5. The number of amides is 2. The van der Waals surface area contributed by atoms with Crippen LogP contribution in [0.5, 0.6) is 0 Å². The van der Waals surface area contributed by atoms with Gasteiger partial charge in [0.2, 0.25) is 5.91 Å². The third kappa shape index (κ3) is 6.92. The van der Waals surface area contributed by atoms with E-state index in [1.807, 2.05) is 13.8 Å². The normalized spacial score (nSPS) is 12.8. The summed E-state index contributed by atoms with van der Waals surface area (Å²) in [7, 11) is 1.20. The van der Waals surface area contributed by atoms with Crippen LogP contribution in [0.3, 0.4) is 0 Å². The van der Waals surface area contributed by atoms with E-state index in [4.69, 9.17) is 5.11 Å². The predicted octanol–water partition coefficient (Wildman–Crippen LogP) is 0.964. The summed E-state index contributed by atoms with van der Waals surface area (Å²) in [5.41, 5.74) is 0.294. The average molecular weight is 364 g/mol. The van der Waals surface area contributed by atoms with E-state index < -0.39 is 42.3 Å². The van der Waals surface area contributed by atoms with Crippen LogP contribution < -0.4 is 10.6 Å². The van der Waals surface area contributed by atoms with Gasteiger partial charge in [-0.25, -0.2) is 4.79 Å². The monoisotopic (exact) mass is 364 g/mol. The van der Waals surface area contributed by atoms with Gasteiger partial charge in [-0.2, -0.15) is 0 Å². The van der Waals surface area contributed by atoms with Gasteiger partial charge in [0.1, 0.15) is 12.1 Å². The van der Waals surface area contributed by atoms with Crippen molar-refractivity contribution in [1.82, 2.24) is 10.6 Å². The topological polar surface area (TPSA) is 122 Å². The standard InChI is InChI=1S/C18H24N2O6/c1-11(2)9-14(18(25)26-3)20-17(24)13(10-15(21)22)19-16(23)12-7-5-4-6-8-12/h4-8,11,13-14H,9-10H2,1-3H3,(H,19,23)(H,20,24)(H,21,22)/t13-,14-/m0/s1. The molecule has 1 aromatic rings. The lowest BCUT2D eigenvalue weighted by molar-refractivity contribution is -0.146. The zero-order chi connectivity index (χ0) is 19.7. The number of hydrogen-bond donors (Lipinski definition) is 3. The Morgan fingerprint density at radius 2 is 1.65 bits per heavy atom. The summed E-state index contributed by atoms with van der Waals surface area (Å²) in [6, 6.07) is 5.87. The number of aliphatic carboxylic acids is 1. The zero-order valence-electron chi connectivity index (χ0n) is 15.0. The minimum atomic E-state index is -1.32. The van der Waals surface area contributed by atoms with Crippen molar-refractivity contribution in [3.8, 4) is 0 Å². The van der Waals surface area contributed by atoms with Gasteiger partial charge in [-0.1, -0.05) is 32.0 Å². The van der Waals surface area contributed by atoms with Gasteiger partial charge in [0.25, 0.3) is 5.91 Å². The zero-order valence-corrected chi connectivity index (χ0v) is 15.0. The Morgan fingerprint density at radius 1 is 1.04 bits per heavy atom. The molecule has 1 rings (SSSR count). The number of carboxylic acid groups (broad SMARTS) is 1. The van der Waals surface area contributed by atoms with Gasteiger partial charge < -0.3 is 20.5 Å². The molecule has 0 aromatic heterocycles. The highest BCUT2D eigenvalue weighted by atomic mass is 16.5. The second-order valence-corrected chi connectivity index (χ2v) is 6.20. The molecule has 0 aliphatic rings. The summed E-state index contributed by atoms with van der Waals surface area (Å²) >= 11 is 0. The molecule has 0 heterocycles. The van der Waals surface area contributed by atoms with Crippen molar-refractivity contribution in [1.29, 1.82) is 0 Å². The van der Waals surface area contributed by atoms with Gasteiger partial charge in [0.05, 0.1) is 13.5 Å². The Labute approximate surface area is 151 Å². The molecule has 142 valence electrons. The van der Waals surface area contributed by atoms with E-state index in [1.165, 1.54) is 7.11 Å². The van der Waals surface area contributed by atoms with Gasteiger partial charge in [-0.05, 0) is 24.5 Å². The molecule has 8 heteroatoms. The summed E-state index contributed by atoms with van der Waals surface area (Å²) < 4.78 is 4.67. The van der Waals surface area contributed by atoms with Gasteiger partial charge in [-0.15, -0.1) is 0 Å². The largest absolute Gasteiger partial charge is 0.481 e. The van der Waals surface area contributed by atoms with Crippen molar-refractivity contribution < 1.29 is 29.0 Å². The first-order valence-electron chi connectivity index (χ1n) is 8.20. The van der Waals surface area contributed by atoms with Crippen LogP contribution in [0.4, 0.5) is 0 Å². The van der Waals surface area contributed by atoms with Crippen LogP contribution in [0, 0.1) is 5.92 Å². The molecule has 0 radical (unpaired) electrons. The van der Waals surface area contributed by atoms with Gasteiger partial charge in [-0.3, -0.25) is 14.4 Å². The lowest BCUT2D eigenvalue weighted by Gasteiger charge is -2.22. The Balaban J connectivity index is 2.89. The van der Waals surface area contributed by atoms with Crippen LogP contribution in [-0.4, -0.2) is 48.1 Å². The van der Waals surface area contributed by atoms with E-state index in [1.54, 1.807) is 30.3 Å². The molecule has 2 atom stereocenters. The van der Waals surface area contributed by atoms with E-state index in [0.29, 0.717) is 12.0 Å². The molecule has 2 amide bonds. The van der Waals surface area contributed by atoms with Crippen LogP contribution in [0.15, 0.2) is 30.3 Å². The number of carboxylic acids is 1. The molecule has 0 spiro atoms. The minimum Gasteiger partial charge on any atom is -0.481 e. The van der Waals surface area contributed by atoms with Crippen molar-refractivity contribution in [2.24, 2.45) is 5.92 Å². The predicted molar refractivity (Wildman–Crippen MR) is 93.4 cm³/mol. The minimum absolute atomic E-state index is 0.0937. The number of nitrogens with one attached hydrogen (secondary N) is 2. The molecule has 0 aliphatic heterocycles. The fourth-order valence-corrected chi connectivity index (χ4v) is 2.32. The van der Waals surface area contributed by atoms with E-state index in [9.17, 15) is 19.2 Å². The molecular formula is C18H24N2O6. The summed E-state index contributed by atoms with van der Waals surface area (Å²) in [5, 5.41) is 13.9. The molecule has 8 nitrogen and oxygen atoms in total. The second kappa shape index (κ2) is 10.2. The van der Waals surface area contributed by atoms with E-state index in [2.05, 4.69) is 15.4 Å². The summed E-state index contributed by atoms with van der Waals surface area (Å²) in [4.78, 5) is 47.6. The first kappa shape index (κ1) is 21.1. The lowest BCUT2D eigenvalue weighted by atomic mass is 10.0. The number of methoxy groups -OCH3 is 1. The van der Waals surface area contributed by atoms with Crippen molar-refractivity contribution in [2.75, 3.05) is 7.11 Å². The molecule has 0 unspecified atom stereocenters. The van der Waals surface area contributed by atoms with Crippen molar-refractivity contribution in [3.05, 3.63) is 35.9 Å². The number of carbonyl (C=O) groups is 4. The molecule has 0 aliphatic carbocycles. The SMILES string of the molecule is COC(=O)[C@H](CC(C)C)NC(=O)[C@H](CC(=O)O)NC(=O)c1ccccc1. The van der Waals surface area contributed by atoms with Crippen LogP contribution in [0.25, 0.3) is 0 Å². The van der Waals surface area contributed by atoms with Crippen LogP contribution in [0.1, 0.15) is 37.0 Å². The maximum Gasteiger partial charge on any atom is 0.328 e. The van der Waals surface area contributed by atoms with E-state index >= 15 is 0 Å². The number of rotatable bonds is 9. The average Bonchev–Trinajstić information content (AvgIpc) is 2.59. The molecular weight excluding hydrogens is 340 g/mol. The van der Waals surface area contributed by atoms with Crippen molar-refractivity contribution in [2.45, 2.75) is 38.8 Å². The maximum absolute atomic E-state index is 12.5. The Bertz CT molecular complexity index is 644. The van der Waals surface area contributed by atoms with Gasteiger partial charge in [0.15, 0.2) is 0 Å². The van der Waals surface area contributed by atoms with Crippen LogP contribution >= 0.6 is 0 Å².